The Morgan fingerprint density at radius 3 is 2.50 bits per heavy atom. The number of ether oxygens (including phenoxy) is 2. The molecule has 22 heavy (non-hydrogen) atoms. The maximum absolute atomic E-state index is 12.4. The van der Waals surface area contributed by atoms with Gasteiger partial charge in [0.2, 0.25) is 0 Å². The average molecular weight is 301 g/mol. The number of rotatable bonds is 4. The second-order valence-electron chi connectivity index (χ2n) is 5.95. The minimum Gasteiger partial charge on any atom is -0.497 e. The zero-order valence-electron chi connectivity index (χ0n) is 13.2. The quantitative estimate of drug-likeness (QED) is 0.869. The lowest BCUT2D eigenvalue weighted by Crippen LogP contribution is -2.27. The van der Waals surface area contributed by atoms with E-state index in [1.807, 2.05) is 31.2 Å². The van der Waals surface area contributed by atoms with Crippen molar-refractivity contribution in [3.8, 4) is 5.75 Å². The number of benzene rings is 1. The summed E-state index contributed by atoms with van der Waals surface area (Å²) in [7, 11) is 1.66. The number of nitrogens with one attached hydrogen (secondary N) is 1. The average Bonchev–Trinajstić information content (AvgIpc) is 2.88. The minimum atomic E-state index is -0.164. The Labute approximate surface area is 131 Å². The third-order valence-electron chi connectivity index (χ3n) is 4.56. The van der Waals surface area contributed by atoms with Gasteiger partial charge in [-0.15, -0.1) is 0 Å². The SMILES string of the molecule is CCOC(=O)C1=C(c2ccc(OC)cc2)CC2CCC(C1)N2. The molecule has 0 spiro atoms. The molecule has 0 aromatic heterocycles. The highest BCUT2D eigenvalue weighted by Crippen LogP contribution is 2.36. The predicted octanol–water partition coefficient (Wildman–Crippen LogP) is 2.93. The smallest absolute Gasteiger partial charge is 0.334 e. The molecular weight excluding hydrogens is 278 g/mol. The third kappa shape index (κ3) is 3.02. The topological polar surface area (TPSA) is 47.6 Å². The Balaban J connectivity index is 1.99. The van der Waals surface area contributed by atoms with Crippen molar-refractivity contribution in [2.45, 2.75) is 44.7 Å². The van der Waals surface area contributed by atoms with E-state index in [2.05, 4.69) is 5.32 Å². The molecule has 4 heteroatoms. The molecule has 2 unspecified atom stereocenters. The van der Waals surface area contributed by atoms with Gasteiger partial charge in [0, 0.05) is 17.7 Å². The van der Waals surface area contributed by atoms with Crippen molar-refractivity contribution in [2.75, 3.05) is 13.7 Å². The molecule has 0 radical (unpaired) electrons. The van der Waals surface area contributed by atoms with E-state index in [-0.39, 0.29) is 5.97 Å². The first-order valence-corrected chi connectivity index (χ1v) is 8.01. The fourth-order valence-corrected chi connectivity index (χ4v) is 3.47. The Morgan fingerprint density at radius 2 is 1.86 bits per heavy atom. The van der Waals surface area contributed by atoms with E-state index in [4.69, 9.17) is 9.47 Å². The number of carbonyl (C=O) groups excluding carboxylic acids is 1. The van der Waals surface area contributed by atoms with Crippen LogP contribution < -0.4 is 10.1 Å². The van der Waals surface area contributed by atoms with E-state index in [0.717, 1.165) is 41.7 Å². The van der Waals surface area contributed by atoms with Crippen LogP contribution >= 0.6 is 0 Å². The van der Waals surface area contributed by atoms with Crippen molar-refractivity contribution in [1.82, 2.24) is 5.32 Å². The van der Waals surface area contributed by atoms with Crippen molar-refractivity contribution in [2.24, 2.45) is 0 Å². The molecule has 118 valence electrons. The number of hydrogen-bond donors (Lipinski definition) is 1. The van der Waals surface area contributed by atoms with E-state index < -0.39 is 0 Å². The van der Waals surface area contributed by atoms with Gasteiger partial charge >= 0.3 is 5.97 Å². The molecule has 1 N–H and O–H groups in total. The Bertz CT molecular complexity index is 576. The van der Waals surface area contributed by atoms with Gasteiger partial charge in [-0.05, 0) is 55.9 Å². The molecule has 0 amide bonds. The standard InChI is InChI=1S/C18H23NO3/c1-3-22-18(20)17-11-14-7-6-13(19-14)10-16(17)12-4-8-15(21-2)9-5-12/h4-5,8-9,13-14,19H,3,6-7,10-11H2,1-2H3. The van der Waals surface area contributed by atoms with Crippen molar-refractivity contribution >= 4 is 11.5 Å². The molecule has 1 fully saturated rings. The van der Waals surface area contributed by atoms with Gasteiger partial charge in [0.05, 0.1) is 13.7 Å². The number of hydrogen-bond acceptors (Lipinski definition) is 4. The molecule has 2 heterocycles. The normalized spacial score (nSPS) is 24.1. The third-order valence-corrected chi connectivity index (χ3v) is 4.56. The molecule has 2 bridgehead atoms. The Kier molecular flexibility index (Phi) is 4.48. The van der Waals surface area contributed by atoms with Crippen LogP contribution in [0.15, 0.2) is 29.8 Å². The van der Waals surface area contributed by atoms with Gasteiger partial charge < -0.3 is 14.8 Å². The largest absolute Gasteiger partial charge is 0.497 e. The van der Waals surface area contributed by atoms with Crippen molar-refractivity contribution in [3.05, 3.63) is 35.4 Å². The summed E-state index contributed by atoms with van der Waals surface area (Å²) in [5.74, 6) is 0.665. The highest BCUT2D eigenvalue weighted by Gasteiger charge is 2.33. The van der Waals surface area contributed by atoms with Crippen LogP contribution in [-0.2, 0) is 9.53 Å². The van der Waals surface area contributed by atoms with Crippen LogP contribution in [0.4, 0.5) is 0 Å². The van der Waals surface area contributed by atoms with Crippen LogP contribution in [0.2, 0.25) is 0 Å². The zero-order valence-corrected chi connectivity index (χ0v) is 13.2. The van der Waals surface area contributed by atoms with E-state index in [9.17, 15) is 4.79 Å². The van der Waals surface area contributed by atoms with E-state index in [0.29, 0.717) is 18.7 Å². The first-order valence-electron chi connectivity index (χ1n) is 8.01. The monoisotopic (exact) mass is 301 g/mol. The summed E-state index contributed by atoms with van der Waals surface area (Å²) < 4.78 is 10.5. The summed E-state index contributed by atoms with van der Waals surface area (Å²) in [6.45, 7) is 2.27. The van der Waals surface area contributed by atoms with Gasteiger partial charge in [-0.2, -0.15) is 0 Å². The molecule has 2 aliphatic rings. The molecule has 2 aliphatic heterocycles. The molecule has 0 saturated carbocycles. The number of fused-ring (bicyclic) bond motifs is 2. The van der Waals surface area contributed by atoms with Crippen molar-refractivity contribution < 1.29 is 14.3 Å². The lowest BCUT2D eigenvalue weighted by Gasteiger charge is -2.17. The Hall–Kier alpha value is -1.81. The first-order chi connectivity index (χ1) is 10.7. The molecule has 1 saturated heterocycles. The molecular formula is C18H23NO3. The second-order valence-corrected chi connectivity index (χ2v) is 5.95. The van der Waals surface area contributed by atoms with Gasteiger partial charge in [0.25, 0.3) is 0 Å². The summed E-state index contributed by atoms with van der Waals surface area (Å²) in [6, 6.07) is 8.83. The van der Waals surface area contributed by atoms with Crippen molar-refractivity contribution in [1.29, 1.82) is 0 Å². The van der Waals surface area contributed by atoms with Crippen LogP contribution in [0.1, 0.15) is 38.2 Å². The highest BCUT2D eigenvalue weighted by molar-refractivity contribution is 5.98. The minimum absolute atomic E-state index is 0.164. The summed E-state index contributed by atoms with van der Waals surface area (Å²) in [4.78, 5) is 12.4. The zero-order chi connectivity index (χ0) is 15.5. The van der Waals surface area contributed by atoms with Crippen LogP contribution in [0, 0.1) is 0 Å². The highest BCUT2D eigenvalue weighted by atomic mass is 16.5. The molecule has 0 aliphatic carbocycles. The van der Waals surface area contributed by atoms with Gasteiger partial charge in [-0.3, -0.25) is 0 Å². The van der Waals surface area contributed by atoms with Gasteiger partial charge in [-0.1, -0.05) is 12.1 Å². The van der Waals surface area contributed by atoms with Crippen LogP contribution in [0.5, 0.6) is 5.75 Å². The van der Waals surface area contributed by atoms with E-state index in [1.165, 1.54) is 6.42 Å². The lowest BCUT2D eigenvalue weighted by molar-refractivity contribution is -0.138. The summed E-state index contributed by atoms with van der Waals surface area (Å²) in [5, 5.41) is 3.63. The van der Waals surface area contributed by atoms with E-state index >= 15 is 0 Å². The molecule has 1 aromatic carbocycles. The number of esters is 1. The van der Waals surface area contributed by atoms with Gasteiger partial charge in [0.15, 0.2) is 0 Å². The number of methoxy groups -OCH3 is 1. The molecule has 2 atom stereocenters. The fraction of sp³-hybridized carbons (Fsp3) is 0.500. The fourth-order valence-electron chi connectivity index (χ4n) is 3.47. The van der Waals surface area contributed by atoms with Crippen LogP contribution in [0.3, 0.4) is 0 Å². The molecule has 4 nitrogen and oxygen atoms in total. The lowest BCUT2D eigenvalue weighted by atomic mass is 9.89. The first kappa shape index (κ1) is 15.1. The summed E-state index contributed by atoms with van der Waals surface area (Å²) >= 11 is 0. The maximum Gasteiger partial charge on any atom is 0.334 e. The summed E-state index contributed by atoms with van der Waals surface area (Å²) in [5.41, 5.74) is 3.06. The van der Waals surface area contributed by atoms with Gasteiger partial charge in [0.1, 0.15) is 5.75 Å². The Morgan fingerprint density at radius 1 is 1.18 bits per heavy atom. The predicted molar refractivity (Wildman–Crippen MR) is 85.7 cm³/mol. The van der Waals surface area contributed by atoms with Crippen LogP contribution in [-0.4, -0.2) is 31.8 Å². The number of carbonyl (C=O) groups is 1. The van der Waals surface area contributed by atoms with Crippen molar-refractivity contribution in [3.63, 3.8) is 0 Å². The van der Waals surface area contributed by atoms with E-state index in [1.54, 1.807) is 7.11 Å². The maximum atomic E-state index is 12.4. The summed E-state index contributed by atoms with van der Waals surface area (Å²) in [6.07, 6.45) is 3.97. The van der Waals surface area contributed by atoms with Crippen LogP contribution in [0.25, 0.3) is 5.57 Å². The molecule has 1 aromatic rings. The molecule has 3 rings (SSSR count). The second kappa shape index (κ2) is 6.53. The van der Waals surface area contributed by atoms with Gasteiger partial charge in [-0.25, -0.2) is 4.79 Å².